The number of carbonyl (C=O) groups excluding carboxylic acids is 2. The molecule has 142 valence electrons. The van der Waals surface area contributed by atoms with Gasteiger partial charge >= 0.3 is 5.97 Å². The molecule has 0 aliphatic rings. The van der Waals surface area contributed by atoms with Crippen LogP contribution in [0.15, 0.2) is 53.0 Å². The average Bonchev–Trinajstić information content (AvgIpc) is 3.30. The molecule has 0 atom stereocenters. The minimum Gasteiger partial charge on any atom is -0.466 e. The summed E-state index contributed by atoms with van der Waals surface area (Å²) in [6.07, 6.45) is 0.225. The van der Waals surface area contributed by atoms with Crippen LogP contribution in [0.2, 0.25) is 0 Å². The van der Waals surface area contributed by atoms with Crippen LogP contribution >= 0.6 is 22.7 Å². The van der Waals surface area contributed by atoms with E-state index >= 15 is 0 Å². The van der Waals surface area contributed by atoms with Crippen molar-refractivity contribution in [3.63, 3.8) is 0 Å². The second-order valence-electron chi connectivity index (χ2n) is 6.01. The number of aromatic nitrogens is 2. The van der Waals surface area contributed by atoms with Crippen molar-refractivity contribution in [1.82, 2.24) is 9.55 Å². The fourth-order valence-corrected chi connectivity index (χ4v) is 4.67. The second-order valence-corrected chi connectivity index (χ2v) is 7.91. The highest BCUT2D eigenvalue weighted by Gasteiger charge is 2.12. The Morgan fingerprint density at radius 1 is 1.18 bits per heavy atom. The van der Waals surface area contributed by atoms with Crippen LogP contribution in [0.25, 0.3) is 20.4 Å². The van der Waals surface area contributed by atoms with Gasteiger partial charge in [-0.25, -0.2) is 4.98 Å². The quantitative estimate of drug-likeness (QED) is 0.465. The van der Waals surface area contributed by atoms with Crippen LogP contribution < -0.4 is 4.80 Å². The topological polar surface area (TPSA) is 73.6 Å². The molecule has 0 fully saturated rings. The van der Waals surface area contributed by atoms with Crippen LogP contribution in [-0.4, -0.2) is 28.0 Å². The van der Waals surface area contributed by atoms with Gasteiger partial charge in [0.15, 0.2) is 4.80 Å². The lowest BCUT2D eigenvalue weighted by molar-refractivity contribution is -0.143. The molecule has 0 saturated carbocycles. The third kappa shape index (κ3) is 3.74. The van der Waals surface area contributed by atoms with E-state index in [0.29, 0.717) is 23.5 Å². The molecule has 4 aromatic rings. The number of aryl methyl sites for hydroxylation is 1. The zero-order valence-corrected chi connectivity index (χ0v) is 16.8. The molecule has 28 heavy (non-hydrogen) atoms. The van der Waals surface area contributed by atoms with Gasteiger partial charge in [0.2, 0.25) is 0 Å². The highest BCUT2D eigenvalue weighted by Crippen LogP contribution is 2.20. The monoisotopic (exact) mass is 411 g/mol. The fraction of sp³-hybridized carbons (Fsp3) is 0.200. The minimum absolute atomic E-state index is 0.225. The van der Waals surface area contributed by atoms with Crippen molar-refractivity contribution in [2.45, 2.75) is 19.9 Å². The SMILES string of the molecule is CCOC(=O)CCn1c(=NC(=O)c2ccc3ncsc3c2)sc2ccccc21. The summed E-state index contributed by atoms with van der Waals surface area (Å²) in [5.74, 6) is -0.579. The number of rotatable bonds is 5. The second kappa shape index (κ2) is 8.04. The first-order valence-corrected chi connectivity index (χ1v) is 10.5. The van der Waals surface area contributed by atoms with E-state index in [2.05, 4.69) is 9.98 Å². The van der Waals surface area contributed by atoms with E-state index in [9.17, 15) is 9.59 Å². The van der Waals surface area contributed by atoms with Crippen molar-refractivity contribution in [3.8, 4) is 0 Å². The van der Waals surface area contributed by atoms with E-state index in [-0.39, 0.29) is 18.3 Å². The first-order valence-electron chi connectivity index (χ1n) is 8.82. The van der Waals surface area contributed by atoms with Crippen LogP contribution in [0.5, 0.6) is 0 Å². The summed E-state index contributed by atoms with van der Waals surface area (Å²) in [6.45, 7) is 2.54. The molecule has 2 aromatic carbocycles. The molecular formula is C20H17N3O3S2. The van der Waals surface area contributed by atoms with Gasteiger partial charge in [-0.05, 0) is 37.3 Å². The summed E-state index contributed by atoms with van der Waals surface area (Å²) in [4.78, 5) is 33.7. The van der Waals surface area contributed by atoms with Crippen molar-refractivity contribution in [2.75, 3.05) is 6.61 Å². The maximum absolute atomic E-state index is 12.8. The molecule has 0 saturated heterocycles. The van der Waals surface area contributed by atoms with E-state index in [1.165, 1.54) is 22.7 Å². The third-order valence-corrected chi connectivity index (χ3v) is 6.06. The van der Waals surface area contributed by atoms with Gasteiger partial charge in [-0.15, -0.1) is 11.3 Å². The summed E-state index contributed by atoms with van der Waals surface area (Å²) in [5.41, 5.74) is 4.09. The molecular weight excluding hydrogens is 394 g/mol. The number of hydrogen-bond acceptors (Lipinski definition) is 6. The number of ether oxygens (including phenoxy) is 1. The maximum Gasteiger partial charge on any atom is 0.307 e. The summed E-state index contributed by atoms with van der Waals surface area (Å²) in [6, 6.07) is 13.2. The highest BCUT2D eigenvalue weighted by molar-refractivity contribution is 7.17. The summed E-state index contributed by atoms with van der Waals surface area (Å²) < 4.78 is 8.89. The number of nitrogens with zero attached hydrogens (tertiary/aromatic N) is 3. The summed E-state index contributed by atoms with van der Waals surface area (Å²) in [5, 5.41) is 0. The Morgan fingerprint density at radius 2 is 2.04 bits per heavy atom. The van der Waals surface area contributed by atoms with E-state index < -0.39 is 0 Å². The van der Waals surface area contributed by atoms with Crippen molar-refractivity contribution in [2.24, 2.45) is 4.99 Å². The number of amides is 1. The predicted molar refractivity (Wildman–Crippen MR) is 111 cm³/mol. The van der Waals surface area contributed by atoms with Crippen LogP contribution in [0.1, 0.15) is 23.7 Å². The lowest BCUT2D eigenvalue weighted by Crippen LogP contribution is -2.19. The molecule has 0 spiro atoms. The molecule has 2 heterocycles. The lowest BCUT2D eigenvalue weighted by Gasteiger charge is -2.05. The van der Waals surface area contributed by atoms with Gasteiger partial charge in [-0.3, -0.25) is 9.59 Å². The molecule has 0 N–H and O–H groups in total. The minimum atomic E-state index is -0.313. The van der Waals surface area contributed by atoms with E-state index in [1.54, 1.807) is 18.5 Å². The Bertz CT molecular complexity index is 1240. The van der Waals surface area contributed by atoms with Gasteiger partial charge in [0, 0.05) is 12.1 Å². The van der Waals surface area contributed by atoms with Crippen molar-refractivity contribution >= 4 is 55.0 Å². The Balaban J connectivity index is 1.72. The molecule has 0 aliphatic heterocycles. The zero-order chi connectivity index (χ0) is 19.5. The number of thiazole rings is 2. The van der Waals surface area contributed by atoms with Gasteiger partial charge in [0.25, 0.3) is 5.91 Å². The average molecular weight is 412 g/mol. The van der Waals surface area contributed by atoms with Crippen molar-refractivity contribution < 1.29 is 14.3 Å². The molecule has 2 aromatic heterocycles. The Kier molecular flexibility index (Phi) is 5.31. The molecule has 0 unspecified atom stereocenters. The molecule has 0 aliphatic carbocycles. The van der Waals surface area contributed by atoms with E-state index in [1.807, 2.05) is 41.0 Å². The van der Waals surface area contributed by atoms with Crippen molar-refractivity contribution in [1.29, 1.82) is 0 Å². The maximum atomic E-state index is 12.8. The molecule has 0 bridgehead atoms. The van der Waals surface area contributed by atoms with Gasteiger partial charge in [0.1, 0.15) is 0 Å². The number of fused-ring (bicyclic) bond motifs is 2. The highest BCUT2D eigenvalue weighted by atomic mass is 32.1. The Labute approximate surface area is 168 Å². The molecule has 8 heteroatoms. The fourth-order valence-electron chi connectivity index (χ4n) is 2.90. The van der Waals surface area contributed by atoms with Crippen molar-refractivity contribution in [3.05, 3.63) is 58.3 Å². The number of carbonyl (C=O) groups is 2. The Hall–Kier alpha value is -2.84. The van der Waals surface area contributed by atoms with E-state index in [0.717, 1.165) is 20.4 Å². The van der Waals surface area contributed by atoms with Crippen LogP contribution in [0.4, 0.5) is 0 Å². The smallest absolute Gasteiger partial charge is 0.307 e. The summed E-state index contributed by atoms with van der Waals surface area (Å²) in [7, 11) is 0. The van der Waals surface area contributed by atoms with Crippen LogP contribution in [0.3, 0.4) is 0 Å². The third-order valence-electron chi connectivity index (χ3n) is 4.21. The summed E-state index contributed by atoms with van der Waals surface area (Å²) >= 11 is 2.92. The standard InChI is InChI=1S/C20H17N3O3S2/c1-2-26-18(24)9-10-23-15-5-3-4-6-16(15)28-20(23)22-19(25)13-7-8-14-17(11-13)27-12-21-14/h3-8,11-12H,2,9-10H2,1H3. The largest absolute Gasteiger partial charge is 0.466 e. The molecule has 4 rings (SSSR count). The predicted octanol–water partition coefficient (Wildman–Crippen LogP) is 4.01. The van der Waals surface area contributed by atoms with Gasteiger partial charge in [0.05, 0.1) is 39.0 Å². The first-order chi connectivity index (χ1) is 13.7. The lowest BCUT2D eigenvalue weighted by atomic mass is 10.2. The molecule has 6 nitrogen and oxygen atoms in total. The number of esters is 1. The van der Waals surface area contributed by atoms with Crippen LogP contribution in [0, 0.1) is 0 Å². The number of para-hydroxylation sites is 1. The van der Waals surface area contributed by atoms with Gasteiger partial charge in [-0.1, -0.05) is 23.5 Å². The molecule has 0 radical (unpaired) electrons. The Morgan fingerprint density at radius 3 is 2.89 bits per heavy atom. The van der Waals surface area contributed by atoms with Crippen LogP contribution in [-0.2, 0) is 16.1 Å². The zero-order valence-electron chi connectivity index (χ0n) is 15.1. The van der Waals surface area contributed by atoms with Gasteiger partial charge < -0.3 is 9.30 Å². The van der Waals surface area contributed by atoms with E-state index in [4.69, 9.17) is 4.74 Å². The number of hydrogen-bond donors (Lipinski definition) is 0. The number of benzene rings is 2. The first kappa shape index (κ1) is 18.5. The molecule has 1 amide bonds. The normalized spacial score (nSPS) is 12.0. The van der Waals surface area contributed by atoms with Gasteiger partial charge in [-0.2, -0.15) is 4.99 Å².